The third-order valence-corrected chi connectivity index (χ3v) is 3.83. The topological polar surface area (TPSA) is 61.1 Å². The lowest BCUT2D eigenvalue weighted by molar-refractivity contribution is 0.810. The first kappa shape index (κ1) is 12.6. The van der Waals surface area contributed by atoms with Gasteiger partial charge in [0.05, 0.1) is 17.6 Å². The SMILES string of the molecule is Cc1ccc(-n2ccc3ncc(-c4cccnc4)n32)cc1N. The maximum Gasteiger partial charge on any atom is 0.154 e. The lowest BCUT2D eigenvalue weighted by Crippen LogP contribution is -2.04. The van der Waals surface area contributed by atoms with Crippen molar-refractivity contribution in [3.63, 3.8) is 0 Å². The number of nitrogens with zero attached hydrogens (tertiary/aromatic N) is 4. The second kappa shape index (κ2) is 4.73. The molecule has 22 heavy (non-hydrogen) atoms. The van der Waals surface area contributed by atoms with Crippen LogP contribution in [0.5, 0.6) is 0 Å². The Hall–Kier alpha value is -3.08. The van der Waals surface area contributed by atoms with Crippen molar-refractivity contribution in [3.8, 4) is 16.9 Å². The molecule has 0 saturated heterocycles. The van der Waals surface area contributed by atoms with Crippen molar-refractivity contribution in [2.24, 2.45) is 0 Å². The van der Waals surface area contributed by atoms with Crippen molar-refractivity contribution in [2.75, 3.05) is 5.73 Å². The zero-order valence-corrected chi connectivity index (χ0v) is 12.1. The predicted molar refractivity (Wildman–Crippen MR) is 86.9 cm³/mol. The summed E-state index contributed by atoms with van der Waals surface area (Å²) in [7, 11) is 0. The maximum atomic E-state index is 6.05. The second-order valence-corrected chi connectivity index (χ2v) is 5.26. The number of rotatable bonds is 2. The molecule has 4 rings (SSSR count). The fraction of sp³-hybridized carbons (Fsp3) is 0.0588. The number of imidazole rings is 1. The minimum Gasteiger partial charge on any atom is -0.398 e. The Kier molecular flexibility index (Phi) is 2.72. The summed E-state index contributed by atoms with van der Waals surface area (Å²) in [6.07, 6.45) is 7.46. The molecule has 0 unspecified atom stereocenters. The molecule has 1 aromatic carbocycles. The number of hydrogen-bond acceptors (Lipinski definition) is 3. The average molecular weight is 289 g/mol. The van der Waals surface area contributed by atoms with Crippen LogP contribution in [0.25, 0.3) is 22.6 Å². The molecule has 0 bridgehead atoms. The highest BCUT2D eigenvalue weighted by Gasteiger charge is 2.11. The smallest absolute Gasteiger partial charge is 0.154 e. The van der Waals surface area contributed by atoms with Crippen molar-refractivity contribution >= 4 is 11.3 Å². The quantitative estimate of drug-likeness (QED) is 0.577. The fourth-order valence-electron chi connectivity index (χ4n) is 2.59. The summed E-state index contributed by atoms with van der Waals surface area (Å²) in [6.45, 7) is 2.00. The van der Waals surface area contributed by atoms with Gasteiger partial charge >= 0.3 is 0 Å². The Morgan fingerprint density at radius 3 is 2.77 bits per heavy atom. The van der Waals surface area contributed by atoms with Crippen molar-refractivity contribution < 1.29 is 0 Å². The van der Waals surface area contributed by atoms with Crippen LogP contribution < -0.4 is 5.73 Å². The van der Waals surface area contributed by atoms with Gasteiger partial charge in [0, 0.05) is 35.9 Å². The van der Waals surface area contributed by atoms with Gasteiger partial charge < -0.3 is 5.73 Å². The van der Waals surface area contributed by atoms with E-state index in [-0.39, 0.29) is 0 Å². The predicted octanol–water partition coefficient (Wildman–Crippen LogP) is 3.08. The van der Waals surface area contributed by atoms with Crippen LogP contribution in [0.2, 0.25) is 0 Å². The summed E-state index contributed by atoms with van der Waals surface area (Å²) in [5, 5.41) is 0. The van der Waals surface area contributed by atoms with E-state index in [1.165, 1.54) is 0 Å². The van der Waals surface area contributed by atoms with E-state index in [2.05, 4.69) is 20.5 Å². The van der Waals surface area contributed by atoms with Crippen LogP contribution in [-0.2, 0) is 0 Å². The molecule has 0 saturated carbocycles. The Labute approximate surface area is 127 Å². The maximum absolute atomic E-state index is 6.05. The van der Waals surface area contributed by atoms with Crippen molar-refractivity contribution in [1.82, 2.24) is 19.2 Å². The van der Waals surface area contributed by atoms with Crippen LogP contribution in [0.4, 0.5) is 5.69 Å². The van der Waals surface area contributed by atoms with Crippen LogP contribution in [0.1, 0.15) is 5.56 Å². The average Bonchev–Trinajstić information content (AvgIpc) is 3.13. The Bertz CT molecular complexity index is 950. The van der Waals surface area contributed by atoms with E-state index in [0.29, 0.717) is 0 Å². The first-order valence-electron chi connectivity index (χ1n) is 7.06. The van der Waals surface area contributed by atoms with E-state index in [9.17, 15) is 0 Å². The van der Waals surface area contributed by atoms with Gasteiger partial charge in [-0.2, -0.15) is 0 Å². The molecule has 2 N–H and O–H groups in total. The highest BCUT2D eigenvalue weighted by Crippen LogP contribution is 2.23. The van der Waals surface area contributed by atoms with E-state index < -0.39 is 0 Å². The van der Waals surface area contributed by atoms with E-state index in [0.717, 1.165) is 33.8 Å². The third kappa shape index (κ3) is 1.87. The normalized spacial score (nSPS) is 11.1. The number of nitrogen functional groups attached to an aromatic ring is 1. The zero-order valence-electron chi connectivity index (χ0n) is 12.1. The lowest BCUT2D eigenvalue weighted by atomic mass is 10.2. The number of hydrogen-bond donors (Lipinski definition) is 1. The minimum absolute atomic E-state index is 0.780. The highest BCUT2D eigenvalue weighted by molar-refractivity contribution is 5.63. The molecule has 3 heterocycles. The van der Waals surface area contributed by atoms with Crippen molar-refractivity contribution in [1.29, 1.82) is 0 Å². The van der Waals surface area contributed by atoms with Crippen LogP contribution in [0.15, 0.2) is 61.2 Å². The molecule has 0 aliphatic rings. The van der Waals surface area contributed by atoms with Crippen LogP contribution in [0, 0.1) is 6.92 Å². The van der Waals surface area contributed by atoms with Gasteiger partial charge in [-0.1, -0.05) is 6.07 Å². The Morgan fingerprint density at radius 1 is 1.09 bits per heavy atom. The summed E-state index contributed by atoms with van der Waals surface area (Å²) < 4.78 is 4.10. The summed E-state index contributed by atoms with van der Waals surface area (Å²) >= 11 is 0. The van der Waals surface area contributed by atoms with Crippen LogP contribution >= 0.6 is 0 Å². The third-order valence-electron chi connectivity index (χ3n) is 3.83. The Morgan fingerprint density at radius 2 is 2.00 bits per heavy atom. The molecule has 0 amide bonds. The summed E-state index contributed by atoms with van der Waals surface area (Å²) in [5.41, 5.74) is 11.8. The number of anilines is 1. The second-order valence-electron chi connectivity index (χ2n) is 5.26. The van der Waals surface area contributed by atoms with Gasteiger partial charge in [-0.15, -0.1) is 0 Å². The molecular formula is C17H15N5. The number of benzene rings is 1. The monoisotopic (exact) mass is 289 g/mol. The van der Waals surface area contributed by atoms with Gasteiger partial charge in [-0.3, -0.25) is 9.67 Å². The largest absolute Gasteiger partial charge is 0.398 e. The summed E-state index contributed by atoms with van der Waals surface area (Å²) in [6, 6.07) is 12.0. The van der Waals surface area contributed by atoms with Crippen LogP contribution in [-0.4, -0.2) is 19.2 Å². The van der Waals surface area contributed by atoms with E-state index in [1.54, 1.807) is 6.20 Å². The molecule has 0 aliphatic heterocycles. The van der Waals surface area contributed by atoms with Gasteiger partial charge in [0.25, 0.3) is 0 Å². The van der Waals surface area contributed by atoms with E-state index in [4.69, 9.17) is 5.73 Å². The number of nitrogens with two attached hydrogens (primary N) is 1. The standard InChI is InChI=1S/C17H15N5/c1-12-4-5-14(9-15(12)18)21-8-6-17-20-11-16(22(17)21)13-3-2-7-19-10-13/h2-11H,18H2,1H3. The first-order chi connectivity index (χ1) is 10.7. The Balaban J connectivity index is 1.96. The summed E-state index contributed by atoms with van der Waals surface area (Å²) in [5.74, 6) is 0. The van der Waals surface area contributed by atoms with Gasteiger partial charge in [-0.25, -0.2) is 9.50 Å². The molecule has 0 atom stereocenters. The molecule has 0 spiro atoms. The van der Waals surface area contributed by atoms with Gasteiger partial charge in [0.2, 0.25) is 0 Å². The molecule has 4 aromatic rings. The molecule has 0 fully saturated rings. The molecule has 5 nitrogen and oxygen atoms in total. The number of pyridine rings is 1. The van der Waals surface area contributed by atoms with Gasteiger partial charge in [0.15, 0.2) is 5.65 Å². The highest BCUT2D eigenvalue weighted by atomic mass is 15.4. The number of aryl methyl sites for hydroxylation is 1. The van der Waals surface area contributed by atoms with Crippen molar-refractivity contribution in [2.45, 2.75) is 6.92 Å². The van der Waals surface area contributed by atoms with E-state index >= 15 is 0 Å². The first-order valence-corrected chi connectivity index (χ1v) is 7.06. The minimum atomic E-state index is 0.780. The van der Waals surface area contributed by atoms with Crippen molar-refractivity contribution in [3.05, 3.63) is 66.7 Å². The molecule has 3 aromatic heterocycles. The zero-order chi connectivity index (χ0) is 15.1. The van der Waals surface area contributed by atoms with Gasteiger partial charge in [-0.05, 0) is 36.8 Å². The van der Waals surface area contributed by atoms with Crippen LogP contribution in [0.3, 0.4) is 0 Å². The van der Waals surface area contributed by atoms with Gasteiger partial charge in [0.1, 0.15) is 0 Å². The fourth-order valence-corrected chi connectivity index (χ4v) is 2.59. The number of fused-ring (bicyclic) bond motifs is 1. The van der Waals surface area contributed by atoms with E-state index in [1.807, 2.05) is 60.5 Å². The number of aromatic nitrogens is 4. The molecule has 5 heteroatoms. The lowest BCUT2D eigenvalue weighted by Gasteiger charge is -2.10. The summed E-state index contributed by atoms with van der Waals surface area (Å²) in [4.78, 5) is 8.65. The molecule has 0 radical (unpaired) electrons. The molecule has 108 valence electrons. The molecular weight excluding hydrogens is 274 g/mol. The molecule has 0 aliphatic carbocycles.